The lowest BCUT2D eigenvalue weighted by Gasteiger charge is -2.41. The Morgan fingerprint density at radius 2 is 1.79 bits per heavy atom. The Labute approximate surface area is 149 Å². The molecular weight excluding hydrogens is 318 g/mol. The number of nitrogens with two attached hydrogens (primary N) is 1. The van der Waals surface area contributed by atoms with E-state index in [1.54, 1.807) is 0 Å². The van der Waals surface area contributed by atoms with Gasteiger partial charge in [-0.15, -0.1) is 0 Å². The average Bonchev–Trinajstić information content (AvgIpc) is 2.62. The van der Waals surface area contributed by atoms with E-state index in [1.807, 2.05) is 53.9 Å². The molecule has 1 amide bonds. The molecule has 1 aromatic carbocycles. The molecule has 0 radical (unpaired) electrons. The van der Waals surface area contributed by atoms with E-state index in [4.69, 9.17) is 5.73 Å². The maximum atomic E-state index is 12.9. The maximum Gasteiger partial charge on any atom is 0.242 e. The molecule has 4 nitrogen and oxygen atoms in total. The minimum atomic E-state index is -0.823. The Morgan fingerprint density at radius 3 is 2.42 bits per heavy atom. The lowest BCUT2D eigenvalue weighted by atomic mass is 9.91. The molecule has 3 rings (SSSR count). The highest BCUT2D eigenvalue weighted by Gasteiger charge is 2.35. The number of hydrogen-bond donors (Lipinski definition) is 1. The fourth-order valence-electron chi connectivity index (χ4n) is 3.83. The van der Waals surface area contributed by atoms with E-state index in [0.29, 0.717) is 12.5 Å². The summed E-state index contributed by atoms with van der Waals surface area (Å²) in [6.45, 7) is 5.96. The second-order valence-electron chi connectivity index (χ2n) is 7.25. The van der Waals surface area contributed by atoms with Crippen LogP contribution in [0.3, 0.4) is 0 Å². The molecule has 2 aliphatic heterocycles. The van der Waals surface area contributed by atoms with E-state index < -0.39 is 5.54 Å². The summed E-state index contributed by atoms with van der Waals surface area (Å²) in [4.78, 5) is 17.5. The Morgan fingerprint density at radius 1 is 1.17 bits per heavy atom. The molecule has 0 saturated carbocycles. The number of likely N-dealkylation sites (tertiary alicyclic amines) is 1. The van der Waals surface area contributed by atoms with Crippen molar-refractivity contribution < 1.29 is 4.79 Å². The molecule has 2 fully saturated rings. The normalized spacial score (nSPS) is 23.0. The highest BCUT2D eigenvalue weighted by molar-refractivity contribution is 7.99. The van der Waals surface area contributed by atoms with Crippen molar-refractivity contribution in [2.24, 2.45) is 5.73 Å². The molecule has 5 heteroatoms. The van der Waals surface area contributed by atoms with Crippen LogP contribution >= 0.6 is 11.8 Å². The molecule has 2 aliphatic rings. The number of hydrogen-bond acceptors (Lipinski definition) is 4. The predicted octanol–water partition coefficient (Wildman–Crippen LogP) is 1.99. The average molecular weight is 348 g/mol. The first-order chi connectivity index (χ1) is 11.6. The van der Waals surface area contributed by atoms with Gasteiger partial charge in [0.25, 0.3) is 0 Å². The van der Waals surface area contributed by atoms with Crippen molar-refractivity contribution in [3.63, 3.8) is 0 Å². The van der Waals surface area contributed by atoms with Crippen LogP contribution < -0.4 is 5.73 Å². The van der Waals surface area contributed by atoms with Gasteiger partial charge in [-0.3, -0.25) is 9.69 Å². The van der Waals surface area contributed by atoms with E-state index in [1.165, 1.54) is 24.6 Å². The number of carbonyl (C=O) groups excluding carboxylic acids is 1. The molecule has 0 aromatic heterocycles. The van der Waals surface area contributed by atoms with Gasteiger partial charge in [-0.25, -0.2) is 0 Å². The number of carbonyl (C=O) groups is 1. The third kappa shape index (κ3) is 4.32. The Balaban J connectivity index is 1.54. The summed E-state index contributed by atoms with van der Waals surface area (Å²) in [6, 6.07) is 10.7. The molecule has 1 unspecified atom stereocenters. The van der Waals surface area contributed by atoms with E-state index >= 15 is 0 Å². The maximum absolute atomic E-state index is 12.9. The van der Waals surface area contributed by atoms with Crippen molar-refractivity contribution >= 4 is 17.7 Å². The van der Waals surface area contributed by atoms with Crippen molar-refractivity contribution in [2.75, 3.05) is 37.7 Å². The molecule has 24 heavy (non-hydrogen) atoms. The zero-order valence-corrected chi connectivity index (χ0v) is 15.4. The number of rotatable bonds is 4. The quantitative estimate of drug-likeness (QED) is 0.905. The first kappa shape index (κ1) is 17.8. The summed E-state index contributed by atoms with van der Waals surface area (Å²) >= 11 is 2.05. The predicted molar refractivity (Wildman–Crippen MR) is 101 cm³/mol. The van der Waals surface area contributed by atoms with E-state index in [-0.39, 0.29) is 5.91 Å². The number of thioether (sulfide) groups is 1. The van der Waals surface area contributed by atoms with E-state index in [2.05, 4.69) is 4.90 Å². The van der Waals surface area contributed by atoms with Crippen LogP contribution in [-0.4, -0.2) is 65.0 Å². The topological polar surface area (TPSA) is 49.6 Å². The van der Waals surface area contributed by atoms with Gasteiger partial charge in [-0.05, 0) is 31.7 Å². The smallest absolute Gasteiger partial charge is 0.242 e. The van der Waals surface area contributed by atoms with E-state index in [9.17, 15) is 4.79 Å². The van der Waals surface area contributed by atoms with Gasteiger partial charge in [0.15, 0.2) is 0 Å². The molecule has 0 bridgehead atoms. The third-order valence-corrected chi connectivity index (χ3v) is 6.16. The van der Waals surface area contributed by atoms with Crippen LogP contribution in [0.2, 0.25) is 0 Å². The highest BCUT2D eigenvalue weighted by atomic mass is 32.2. The van der Waals surface area contributed by atoms with Crippen molar-refractivity contribution in [2.45, 2.75) is 37.8 Å². The van der Waals surface area contributed by atoms with E-state index in [0.717, 1.165) is 31.5 Å². The summed E-state index contributed by atoms with van der Waals surface area (Å²) in [6.07, 6.45) is 2.76. The second-order valence-corrected chi connectivity index (χ2v) is 8.48. The van der Waals surface area contributed by atoms with Gasteiger partial charge in [-0.2, -0.15) is 11.8 Å². The molecule has 1 atom stereocenters. The number of piperidine rings is 1. The molecule has 2 N–H and O–H groups in total. The fraction of sp³-hybridized carbons (Fsp3) is 0.632. The van der Waals surface area contributed by atoms with Crippen LogP contribution in [0.5, 0.6) is 0 Å². The second kappa shape index (κ2) is 7.89. The van der Waals surface area contributed by atoms with Gasteiger partial charge in [0.2, 0.25) is 5.91 Å². The van der Waals surface area contributed by atoms with Gasteiger partial charge in [0, 0.05) is 43.7 Å². The van der Waals surface area contributed by atoms with Gasteiger partial charge < -0.3 is 10.6 Å². The Bertz CT molecular complexity index is 535. The van der Waals surface area contributed by atoms with Gasteiger partial charge in [0.1, 0.15) is 0 Å². The summed E-state index contributed by atoms with van der Waals surface area (Å²) in [7, 11) is 0. The third-order valence-electron chi connectivity index (χ3n) is 5.22. The number of amides is 1. The van der Waals surface area contributed by atoms with Gasteiger partial charge in [-0.1, -0.05) is 30.3 Å². The minimum Gasteiger partial charge on any atom is -0.341 e. The molecule has 0 aliphatic carbocycles. The summed E-state index contributed by atoms with van der Waals surface area (Å²) in [5.74, 6) is 2.59. The number of benzene rings is 1. The first-order valence-corrected chi connectivity index (χ1v) is 10.2. The fourth-order valence-corrected chi connectivity index (χ4v) is 4.76. The van der Waals surface area contributed by atoms with Crippen LogP contribution in [0.4, 0.5) is 0 Å². The monoisotopic (exact) mass is 347 g/mol. The van der Waals surface area contributed by atoms with Gasteiger partial charge in [0.05, 0.1) is 5.54 Å². The highest BCUT2D eigenvalue weighted by Crippen LogP contribution is 2.23. The molecule has 2 heterocycles. The Hall–Kier alpha value is -1.04. The minimum absolute atomic E-state index is 0.0963. The molecule has 0 spiro atoms. The SMILES string of the molecule is CC(N)(Cc1ccccc1)C(=O)N1CCC(N2CCSCC2)CC1. The number of nitrogens with zero attached hydrogens (tertiary/aromatic N) is 2. The van der Waals surface area contributed by atoms with Crippen LogP contribution in [0.1, 0.15) is 25.3 Å². The van der Waals surface area contributed by atoms with Crippen LogP contribution in [-0.2, 0) is 11.2 Å². The molecular formula is C19H29N3OS. The summed E-state index contributed by atoms with van der Waals surface area (Å²) in [5.41, 5.74) is 6.69. The summed E-state index contributed by atoms with van der Waals surface area (Å²) < 4.78 is 0. The first-order valence-electron chi connectivity index (χ1n) is 9.00. The zero-order valence-electron chi connectivity index (χ0n) is 14.6. The van der Waals surface area contributed by atoms with Crippen molar-refractivity contribution in [1.82, 2.24) is 9.80 Å². The summed E-state index contributed by atoms with van der Waals surface area (Å²) in [5, 5.41) is 0. The van der Waals surface area contributed by atoms with Crippen LogP contribution in [0.25, 0.3) is 0 Å². The lowest BCUT2D eigenvalue weighted by Crippen LogP contribution is -2.58. The molecule has 2 saturated heterocycles. The van der Waals surface area contributed by atoms with Crippen molar-refractivity contribution in [3.05, 3.63) is 35.9 Å². The van der Waals surface area contributed by atoms with Crippen LogP contribution in [0.15, 0.2) is 30.3 Å². The molecule has 132 valence electrons. The van der Waals surface area contributed by atoms with Crippen molar-refractivity contribution in [1.29, 1.82) is 0 Å². The standard InChI is InChI=1S/C19H29N3OS/c1-19(20,15-16-5-3-2-4-6-16)18(23)22-9-7-17(8-10-22)21-11-13-24-14-12-21/h2-6,17H,7-15,20H2,1H3. The zero-order chi connectivity index (χ0) is 17.0. The lowest BCUT2D eigenvalue weighted by molar-refractivity contribution is -0.138. The van der Waals surface area contributed by atoms with Crippen molar-refractivity contribution in [3.8, 4) is 0 Å². The Kier molecular flexibility index (Phi) is 5.85. The molecule has 1 aromatic rings. The van der Waals surface area contributed by atoms with Crippen LogP contribution in [0, 0.1) is 0 Å². The largest absolute Gasteiger partial charge is 0.341 e. The van der Waals surface area contributed by atoms with Gasteiger partial charge >= 0.3 is 0 Å².